The number of carbonyl (C=O) groups is 1. The normalized spacial score (nSPS) is 25.2. The minimum Gasteiger partial charge on any atom is -0.394 e. The molecule has 14 heteroatoms. The van der Waals surface area contributed by atoms with Crippen molar-refractivity contribution in [2.24, 2.45) is 0 Å². The largest absolute Gasteiger partial charge is 0.394 e. The fraction of sp³-hybridized carbons (Fsp3) is 0.794. The van der Waals surface area contributed by atoms with Gasteiger partial charge in [0, 0.05) is 6.42 Å². The minimum atomic E-state index is -1.78. The maximum Gasteiger partial charge on any atom is 0.220 e. The molecule has 2 saturated heterocycles. The molecule has 77 heavy (non-hydrogen) atoms. The van der Waals surface area contributed by atoms with Crippen LogP contribution >= 0.6 is 0 Å². The molecule has 2 aliphatic heterocycles. The van der Waals surface area contributed by atoms with E-state index in [1.165, 1.54) is 109 Å². The number of carbonyl (C=O) groups excluding carboxylic acids is 1. The van der Waals surface area contributed by atoms with Crippen molar-refractivity contribution in [2.45, 2.75) is 299 Å². The SMILES string of the molecule is CC/C=C\C/C=C\C/C=C\C/C=C\C/C=C\C/C=C\CCCCCCCCCCCCCCCCC(=O)NC(COC1OC(CO)C(OC2OC(CO)C(O)C(O)C2O)C(O)C1O)C(O)CCCCCCCCCCCC. The summed E-state index contributed by atoms with van der Waals surface area (Å²) >= 11 is 0. The predicted octanol–water partition coefficient (Wildman–Crippen LogP) is 10.7. The number of allylic oxidation sites excluding steroid dienone is 12. The van der Waals surface area contributed by atoms with E-state index in [1.807, 2.05) is 0 Å². The van der Waals surface area contributed by atoms with E-state index in [2.05, 4.69) is 92.1 Å². The Kier molecular flexibility index (Phi) is 44.1. The van der Waals surface area contributed by atoms with Crippen LogP contribution in [-0.4, -0.2) is 140 Å². The second kappa shape index (κ2) is 48.2. The van der Waals surface area contributed by atoms with E-state index in [1.54, 1.807) is 0 Å². The first-order valence-corrected chi connectivity index (χ1v) is 30.7. The highest BCUT2D eigenvalue weighted by molar-refractivity contribution is 5.76. The quantitative estimate of drug-likeness (QED) is 0.0204. The van der Waals surface area contributed by atoms with Crippen molar-refractivity contribution in [3.63, 3.8) is 0 Å². The molecule has 0 bridgehead atoms. The van der Waals surface area contributed by atoms with Crippen LogP contribution < -0.4 is 5.32 Å². The molecule has 1 amide bonds. The molecule has 0 saturated carbocycles. The molecule has 12 atom stereocenters. The van der Waals surface area contributed by atoms with Crippen LogP contribution in [0, 0.1) is 0 Å². The second-order valence-corrected chi connectivity index (χ2v) is 21.5. The Morgan fingerprint density at radius 1 is 0.481 bits per heavy atom. The zero-order valence-corrected chi connectivity index (χ0v) is 47.9. The van der Waals surface area contributed by atoms with Gasteiger partial charge in [0.15, 0.2) is 12.6 Å². The molecule has 0 radical (unpaired) electrons. The lowest BCUT2D eigenvalue weighted by Crippen LogP contribution is -2.65. The minimum absolute atomic E-state index is 0.211. The average Bonchev–Trinajstić information content (AvgIpc) is 3.45. The van der Waals surface area contributed by atoms with E-state index in [-0.39, 0.29) is 12.5 Å². The van der Waals surface area contributed by atoms with Gasteiger partial charge in [-0.15, -0.1) is 0 Å². The number of hydrogen-bond acceptors (Lipinski definition) is 13. The van der Waals surface area contributed by atoms with Crippen LogP contribution in [0.3, 0.4) is 0 Å². The van der Waals surface area contributed by atoms with Crippen LogP contribution in [0.4, 0.5) is 0 Å². The van der Waals surface area contributed by atoms with Gasteiger partial charge in [-0.2, -0.15) is 0 Å². The summed E-state index contributed by atoms with van der Waals surface area (Å²) in [5.74, 6) is -0.211. The highest BCUT2D eigenvalue weighted by atomic mass is 16.7. The molecule has 0 spiro atoms. The van der Waals surface area contributed by atoms with Crippen LogP contribution in [0.2, 0.25) is 0 Å². The molecule has 0 aliphatic carbocycles. The van der Waals surface area contributed by atoms with Gasteiger partial charge in [-0.05, 0) is 64.2 Å². The summed E-state index contributed by atoms with van der Waals surface area (Å²) in [6, 6.07) is -0.830. The summed E-state index contributed by atoms with van der Waals surface area (Å²) in [6.07, 6.45) is 46.4. The van der Waals surface area contributed by atoms with Crippen molar-refractivity contribution < 1.29 is 64.6 Å². The van der Waals surface area contributed by atoms with Gasteiger partial charge in [0.1, 0.15) is 48.8 Å². The molecule has 14 nitrogen and oxygen atoms in total. The highest BCUT2D eigenvalue weighted by Crippen LogP contribution is 2.30. The molecule has 0 aromatic heterocycles. The Bertz CT molecular complexity index is 1570. The van der Waals surface area contributed by atoms with Crippen LogP contribution in [0.15, 0.2) is 72.9 Å². The Morgan fingerprint density at radius 3 is 1.38 bits per heavy atom. The summed E-state index contributed by atoms with van der Waals surface area (Å²) in [6.45, 7) is 2.72. The van der Waals surface area contributed by atoms with Crippen LogP contribution in [-0.2, 0) is 23.7 Å². The summed E-state index contributed by atoms with van der Waals surface area (Å²) in [4.78, 5) is 13.2. The maximum absolute atomic E-state index is 13.2. The van der Waals surface area contributed by atoms with Gasteiger partial charge in [0.25, 0.3) is 0 Å². The standard InChI is InChI=1S/C63H111NO13/c1-3-5-7-9-11-13-15-16-17-18-19-20-21-22-23-24-25-26-27-28-29-30-31-32-33-34-35-36-37-39-41-43-45-47-55(68)64-51(52(67)46-44-42-40-38-14-12-10-8-6-4-2)50-74-62-60(73)58(71)61(54(49-66)76-62)77-63-59(72)57(70)56(69)53(48-65)75-63/h5,7,11,13,16-17,19-20,22-23,25-26,51-54,56-63,65-67,69-73H,3-4,6,8-10,12,14-15,18,21,24,27-50H2,1-2H3,(H,64,68)/b7-5-,13-11-,17-16-,20-19-,23-22-,26-25-. The number of aliphatic hydroxyl groups is 8. The lowest BCUT2D eigenvalue weighted by Gasteiger charge is -2.46. The molecule has 9 N–H and O–H groups in total. The van der Waals surface area contributed by atoms with Crippen molar-refractivity contribution in [3.8, 4) is 0 Å². The smallest absolute Gasteiger partial charge is 0.220 e. The van der Waals surface area contributed by atoms with Crippen LogP contribution in [0.25, 0.3) is 0 Å². The van der Waals surface area contributed by atoms with E-state index in [9.17, 15) is 45.6 Å². The number of nitrogens with one attached hydrogen (secondary N) is 1. The van der Waals surface area contributed by atoms with Gasteiger partial charge in [0.2, 0.25) is 5.91 Å². The maximum atomic E-state index is 13.2. The second-order valence-electron chi connectivity index (χ2n) is 21.5. The molecular weight excluding hydrogens is 979 g/mol. The Morgan fingerprint density at radius 2 is 0.896 bits per heavy atom. The highest BCUT2D eigenvalue weighted by Gasteiger charge is 2.51. The summed E-state index contributed by atoms with van der Waals surface area (Å²) < 4.78 is 22.8. The van der Waals surface area contributed by atoms with Crippen molar-refractivity contribution in [2.75, 3.05) is 19.8 Å². The molecule has 2 aliphatic rings. The van der Waals surface area contributed by atoms with Gasteiger partial charge in [0.05, 0.1) is 32.0 Å². The topological polar surface area (TPSA) is 228 Å². The first-order valence-electron chi connectivity index (χ1n) is 30.7. The number of amides is 1. The average molecular weight is 1090 g/mol. The zero-order valence-electron chi connectivity index (χ0n) is 47.9. The number of hydrogen-bond donors (Lipinski definition) is 9. The monoisotopic (exact) mass is 1090 g/mol. The predicted molar refractivity (Wildman–Crippen MR) is 309 cm³/mol. The molecule has 2 heterocycles. The van der Waals surface area contributed by atoms with Gasteiger partial charge >= 0.3 is 0 Å². The molecule has 0 aromatic carbocycles. The Labute approximate surface area is 466 Å². The first kappa shape index (κ1) is 70.5. The molecule has 446 valence electrons. The summed E-state index contributed by atoms with van der Waals surface area (Å²) in [7, 11) is 0. The fourth-order valence-corrected chi connectivity index (χ4v) is 9.77. The molecule has 0 aromatic rings. The van der Waals surface area contributed by atoms with E-state index in [4.69, 9.17) is 18.9 Å². The molecular formula is C63H111NO13. The molecule has 2 rings (SSSR count). The van der Waals surface area contributed by atoms with Crippen LogP contribution in [0.1, 0.15) is 226 Å². The van der Waals surface area contributed by atoms with E-state index >= 15 is 0 Å². The van der Waals surface area contributed by atoms with E-state index in [0.29, 0.717) is 12.8 Å². The Balaban J connectivity index is 1.62. The van der Waals surface area contributed by atoms with Gasteiger partial charge < -0.3 is 65.1 Å². The van der Waals surface area contributed by atoms with Gasteiger partial charge in [-0.3, -0.25) is 4.79 Å². The van der Waals surface area contributed by atoms with Crippen molar-refractivity contribution in [1.82, 2.24) is 5.32 Å². The third-order valence-electron chi connectivity index (χ3n) is 14.7. The number of ether oxygens (including phenoxy) is 4. The fourth-order valence-electron chi connectivity index (χ4n) is 9.77. The van der Waals surface area contributed by atoms with E-state index < -0.39 is 86.8 Å². The zero-order chi connectivity index (χ0) is 56.0. The number of rotatable bonds is 48. The molecule has 12 unspecified atom stereocenters. The van der Waals surface area contributed by atoms with Gasteiger partial charge in [-0.1, -0.05) is 228 Å². The van der Waals surface area contributed by atoms with E-state index in [0.717, 1.165) is 89.9 Å². The number of unbranched alkanes of at least 4 members (excludes halogenated alkanes) is 23. The van der Waals surface area contributed by atoms with Crippen molar-refractivity contribution in [1.29, 1.82) is 0 Å². The van der Waals surface area contributed by atoms with Gasteiger partial charge in [-0.25, -0.2) is 0 Å². The Hall–Kier alpha value is -2.57. The summed E-state index contributed by atoms with van der Waals surface area (Å²) in [5, 5.41) is 87.1. The van der Waals surface area contributed by atoms with Crippen molar-refractivity contribution in [3.05, 3.63) is 72.9 Å². The van der Waals surface area contributed by atoms with Crippen molar-refractivity contribution >= 4 is 5.91 Å². The number of aliphatic hydroxyl groups excluding tert-OH is 8. The third kappa shape index (κ3) is 33.7. The van der Waals surface area contributed by atoms with Crippen LogP contribution in [0.5, 0.6) is 0 Å². The lowest BCUT2D eigenvalue weighted by molar-refractivity contribution is -0.359. The first-order chi connectivity index (χ1) is 37.6. The third-order valence-corrected chi connectivity index (χ3v) is 14.7. The lowest BCUT2D eigenvalue weighted by atomic mass is 9.97. The summed E-state index contributed by atoms with van der Waals surface area (Å²) in [5.41, 5.74) is 0. The molecule has 2 fully saturated rings.